The van der Waals surface area contributed by atoms with Crippen molar-refractivity contribution in [2.75, 3.05) is 12.9 Å². The van der Waals surface area contributed by atoms with Gasteiger partial charge >= 0.3 is 0 Å². The fraction of sp³-hybridized carbons (Fsp3) is 0.469. The monoisotopic (exact) mass is 561 g/mol. The zero-order chi connectivity index (χ0) is 28.3. The number of hydrogen-bond donors (Lipinski definition) is 3. The number of rotatable bonds is 6. The number of aliphatic hydroxyl groups excluding tert-OH is 1. The molecule has 40 heavy (non-hydrogen) atoms. The molecule has 0 aliphatic heterocycles. The number of benzene rings is 2. The van der Waals surface area contributed by atoms with Crippen LogP contribution in [0.4, 0.5) is 0 Å². The number of methoxy groups -OCH3 is 1. The number of nitrogens with zero attached hydrogens (tertiary/aromatic N) is 2. The summed E-state index contributed by atoms with van der Waals surface area (Å²) in [6.45, 7) is 4.32. The number of ketones is 1. The molecule has 4 atom stereocenters. The van der Waals surface area contributed by atoms with Crippen molar-refractivity contribution in [3.8, 4) is 5.75 Å². The van der Waals surface area contributed by atoms with Gasteiger partial charge in [-0.25, -0.2) is 4.98 Å². The van der Waals surface area contributed by atoms with Gasteiger partial charge in [-0.2, -0.15) is 5.10 Å². The van der Waals surface area contributed by atoms with Gasteiger partial charge in [0.2, 0.25) is 0 Å². The third kappa shape index (κ3) is 5.76. The van der Waals surface area contributed by atoms with E-state index in [0.717, 1.165) is 36.8 Å². The van der Waals surface area contributed by atoms with Crippen molar-refractivity contribution in [3.63, 3.8) is 0 Å². The van der Waals surface area contributed by atoms with Crippen LogP contribution < -0.4 is 4.74 Å². The summed E-state index contributed by atoms with van der Waals surface area (Å²) < 4.78 is 5.30. The van der Waals surface area contributed by atoms with E-state index in [0.29, 0.717) is 47.0 Å². The van der Waals surface area contributed by atoms with Crippen LogP contribution in [0.15, 0.2) is 65.6 Å². The highest BCUT2D eigenvalue weighted by molar-refractivity contribution is 7.99. The second-order valence-electron chi connectivity index (χ2n) is 11.6. The minimum absolute atomic E-state index is 0.0133. The van der Waals surface area contributed by atoms with Crippen LogP contribution >= 0.6 is 11.8 Å². The van der Waals surface area contributed by atoms with Gasteiger partial charge in [0.25, 0.3) is 0 Å². The number of carbonyl (C=O) groups excluding carboxylic acids is 1. The van der Waals surface area contributed by atoms with Crippen LogP contribution in [0.3, 0.4) is 0 Å². The number of ether oxygens (including phenoxy) is 1. The standard InChI is InChI=1S/C32H39N3O4S/c1-21-5-4-15-31(2)28(14-16-32(31,38)19-40-30-33-20-34-35-30)26-13-7-22(17-24(36)10-6-21)18-27(26)29(37)23-8-11-25(39-3)12-9-23/h5,7-9,11-13,18,20,24,28,36,38H,4,6,10,14-17,19H2,1-3H3,(H,33,34,35). The first kappa shape index (κ1) is 28.6. The van der Waals surface area contributed by atoms with Crippen molar-refractivity contribution < 1.29 is 19.7 Å². The fourth-order valence-corrected chi connectivity index (χ4v) is 7.61. The molecular formula is C32H39N3O4S. The molecule has 6 rings (SSSR count). The highest BCUT2D eigenvalue weighted by Crippen LogP contribution is 2.59. The second kappa shape index (κ2) is 11.9. The molecule has 4 unspecified atom stereocenters. The lowest BCUT2D eigenvalue weighted by atomic mass is 9.65. The molecule has 3 N–H and O–H groups in total. The van der Waals surface area contributed by atoms with E-state index in [4.69, 9.17) is 4.74 Å². The molecule has 2 aromatic carbocycles. The molecule has 0 radical (unpaired) electrons. The zero-order valence-corrected chi connectivity index (χ0v) is 24.3. The molecule has 3 aliphatic carbocycles. The van der Waals surface area contributed by atoms with Crippen LogP contribution in [0.2, 0.25) is 0 Å². The molecule has 2 bridgehead atoms. The quantitative estimate of drug-likeness (QED) is 0.196. The first-order chi connectivity index (χ1) is 19.2. The highest BCUT2D eigenvalue weighted by atomic mass is 32.2. The van der Waals surface area contributed by atoms with Gasteiger partial charge in [0.15, 0.2) is 10.9 Å². The van der Waals surface area contributed by atoms with E-state index in [2.05, 4.69) is 47.2 Å². The van der Waals surface area contributed by atoms with Gasteiger partial charge in [-0.3, -0.25) is 9.89 Å². The van der Waals surface area contributed by atoms with E-state index < -0.39 is 17.1 Å². The van der Waals surface area contributed by atoms with Gasteiger partial charge in [-0.05, 0) is 99.2 Å². The summed E-state index contributed by atoms with van der Waals surface area (Å²) >= 11 is 1.49. The van der Waals surface area contributed by atoms with Crippen LogP contribution in [0.1, 0.15) is 85.3 Å². The van der Waals surface area contributed by atoms with Crippen LogP contribution in [0.25, 0.3) is 0 Å². The molecule has 212 valence electrons. The molecule has 1 heterocycles. The summed E-state index contributed by atoms with van der Waals surface area (Å²) in [6.07, 6.45) is 8.27. The normalized spacial score (nSPS) is 27.1. The maximum absolute atomic E-state index is 14.1. The first-order valence-electron chi connectivity index (χ1n) is 14.1. The third-order valence-corrected chi connectivity index (χ3v) is 10.2. The van der Waals surface area contributed by atoms with Gasteiger partial charge in [-0.1, -0.05) is 42.5 Å². The molecule has 8 heteroatoms. The molecule has 1 aromatic heterocycles. The molecule has 0 saturated heterocycles. The lowest BCUT2D eigenvalue weighted by Crippen LogP contribution is -2.46. The zero-order valence-electron chi connectivity index (χ0n) is 23.5. The number of H-pyrrole nitrogens is 1. The minimum atomic E-state index is -0.955. The van der Waals surface area contributed by atoms with Crippen molar-refractivity contribution in [1.29, 1.82) is 0 Å². The Morgan fingerprint density at radius 3 is 2.70 bits per heavy atom. The molecule has 0 amide bonds. The Labute approximate surface area is 240 Å². The number of thioether (sulfide) groups is 1. The van der Waals surface area contributed by atoms with Crippen molar-refractivity contribution in [1.82, 2.24) is 15.2 Å². The van der Waals surface area contributed by atoms with Crippen molar-refractivity contribution in [2.45, 2.75) is 81.6 Å². The first-order valence-corrected chi connectivity index (χ1v) is 15.1. The Hall–Kier alpha value is -2.94. The van der Waals surface area contributed by atoms with Gasteiger partial charge in [-0.15, -0.1) is 0 Å². The fourth-order valence-electron chi connectivity index (χ4n) is 6.52. The molecule has 3 aliphatic rings. The average molecular weight is 562 g/mol. The summed E-state index contributed by atoms with van der Waals surface area (Å²) in [5, 5.41) is 30.6. The van der Waals surface area contributed by atoms with Crippen LogP contribution in [-0.4, -0.2) is 55.7 Å². The van der Waals surface area contributed by atoms with Crippen molar-refractivity contribution in [3.05, 3.63) is 82.7 Å². The van der Waals surface area contributed by atoms with E-state index in [1.54, 1.807) is 31.4 Å². The van der Waals surface area contributed by atoms with Crippen LogP contribution in [-0.2, 0) is 6.42 Å². The molecule has 3 aromatic rings. The van der Waals surface area contributed by atoms with Crippen LogP contribution in [0.5, 0.6) is 5.75 Å². The number of allylic oxidation sites excluding steroid dienone is 2. The van der Waals surface area contributed by atoms with Crippen molar-refractivity contribution >= 4 is 17.5 Å². The number of hydrogen-bond acceptors (Lipinski definition) is 7. The van der Waals surface area contributed by atoms with Crippen LogP contribution in [0, 0.1) is 5.41 Å². The molecule has 0 spiro atoms. The predicted octanol–water partition coefficient (Wildman–Crippen LogP) is 5.88. The topological polar surface area (TPSA) is 108 Å². The molecule has 7 nitrogen and oxygen atoms in total. The summed E-state index contributed by atoms with van der Waals surface area (Å²) in [5.41, 5.74) is 3.00. The lowest BCUT2D eigenvalue weighted by Gasteiger charge is -2.44. The minimum Gasteiger partial charge on any atom is -0.497 e. The van der Waals surface area contributed by atoms with E-state index in [1.807, 2.05) is 6.07 Å². The maximum Gasteiger partial charge on any atom is 0.193 e. The SMILES string of the molecule is COc1ccc(C(=O)c2cc3ccc2C2CCC(O)(CSc4ncn[nH]4)C2(C)CCC=C(C)CCC(O)C3)cc1. The van der Waals surface area contributed by atoms with E-state index in [9.17, 15) is 15.0 Å². The van der Waals surface area contributed by atoms with Gasteiger partial charge in [0.05, 0.1) is 18.8 Å². The average Bonchev–Trinajstić information content (AvgIpc) is 3.57. The predicted molar refractivity (Wildman–Crippen MR) is 157 cm³/mol. The van der Waals surface area contributed by atoms with E-state index in [-0.39, 0.29) is 11.7 Å². The summed E-state index contributed by atoms with van der Waals surface area (Å²) in [4.78, 5) is 18.3. The Morgan fingerprint density at radius 1 is 1.18 bits per heavy atom. The molecule has 1 saturated carbocycles. The Balaban J connectivity index is 1.58. The van der Waals surface area contributed by atoms with Crippen molar-refractivity contribution in [2.24, 2.45) is 5.41 Å². The van der Waals surface area contributed by atoms with E-state index in [1.165, 1.54) is 23.7 Å². The van der Waals surface area contributed by atoms with Gasteiger partial charge in [0.1, 0.15) is 12.1 Å². The summed E-state index contributed by atoms with van der Waals surface area (Å²) in [5.74, 6) is 1.12. The lowest BCUT2D eigenvalue weighted by molar-refractivity contribution is -0.0422. The maximum atomic E-state index is 14.1. The largest absolute Gasteiger partial charge is 0.497 e. The number of carbonyl (C=O) groups is 1. The number of aromatic nitrogens is 3. The Kier molecular flexibility index (Phi) is 8.50. The third-order valence-electron chi connectivity index (χ3n) is 9.11. The highest BCUT2D eigenvalue weighted by Gasteiger charge is 2.56. The Bertz CT molecular complexity index is 1360. The molecular weight excluding hydrogens is 522 g/mol. The Morgan fingerprint density at radius 2 is 1.98 bits per heavy atom. The summed E-state index contributed by atoms with van der Waals surface area (Å²) in [7, 11) is 1.61. The number of aromatic amines is 1. The second-order valence-corrected chi connectivity index (χ2v) is 12.5. The van der Waals surface area contributed by atoms with Gasteiger partial charge < -0.3 is 14.9 Å². The number of fused-ring (bicyclic) bond motifs is 8. The van der Waals surface area contributed by atoms with E-state index >= 15 is 0 Å². The smallest absolute Gasteiger partial charge is 0.193 e. The number of aliphatic hydroxyl groups is 2. The summed E-state index contributed by atoms with van der Waals surface area (Å²) in [6, 6.07) is 13.3. The van der Waals surface area contributed by atoms with Gasteiger partial charge in [0, 0.05) is 22.3 Å². The molecule has 1 fully saturated rings. The number of nitrogens with one attached hydrogen (secondary N) is 1.